The molecule has 0 saturated heterocycles. The molecule has 0 amide bonds. The van der Waals surface area contributed by atoms with Crippen molar-refractivity contribution in [1.29, 1.82) is 0 Å². The number of hydrogen-bond donors (Lipinski definition) is 0. The summed E-state index contributed by atoms with van der Waals surface area (Å²) in [6.07, 6.45) is 2.43. The van der Waals surface area contributed by atoms with Gasteiger partial charge in [0.05, 0.1) is 13.2 Å². The van der Waals surface area contributed by atoms with E-state index in [0.717, 1.165) is 0 Å². The van der Waals surface area contributed by atoms with Crippen LogP contribution in [0.4, 0.5) is 0 Å². The van der Waals surface area contributed by atoms with Gasteiger partial charge in [-0.3, -0.25) is 9.59 Å². The SMILES string of the molecule is C=CC[C@@H]1[C@@H](C(=O)OC)C(=O)C[C@@H]1O[Si](C)(C)C(C)(C)C. The summed E-state index contributed by atoms with van der Waals surface area (Å²) in [6.45, 7) is 14.6. The van der Waals surface area contributed by atoms with Gasteiger partial charge in [-0.05, 0) is 24.6 Å². The molecule has 0 aromatic carbocycles. The monoisotopic (exact) mass is 312 g/mol. The molecule has 1 aliphatic carbocycles. The van der Waals surface area contributed by atoms with E-state index in [1.165, 1.54) is 7.11 Å². The Morgan fingerprint density at radius 1 is 1.43 bits per heavy atom. The lowest BCUT2D eigenvalue weighted by atomic mass is 9.91. The van der Waals surface area contributed by atoms with Gasteiger partial charge in [0, 0.05) is 12.3 Å². The minimum atomic E-state index is -1.98. The topological polar surface area (TPSA) is 52.6 Å². The van der Waals surface area contributed by atoms with Gasteiger partial charge < -0.3 is 9.16 Å². The van der Waals surface area contributed by atoms with E-state index in [1.807, 2.05) is 0 Å². The second-order valence-electron chi connectivity index (χ2n) is 7.28. The van der Waals surface area contributed by atoms with Crippen LogP contribution < -0.4 is 0 Å². The van der Waals surface area contributed by atoms with Crippen LogP contribution >= 0.6 is 0 Å². The van der Waals surface area contributed by atoms with Crippen molar-refractivity contribution in [2.75, 3.05) is 7.11 Å². The Morgan fingerprint density at radius 3 is 2.43 bits per heavy atom. The molecule has 0 unspecified atom stereocenters. The summed E-state index contributed by atoms with van der Waals surface area (Å²) in [5.74, 6) is -1.38. The highest BCUT2D eigenvalue weighted by Gasteiger charge is 2.50. The summed E-state index contributed by atoms with van der Waals surface area (Å²) in [4.78, 5) is 24.1. The number of allylic oxidation sites excluding steroid dienone is 1. The van der Waals surface area contributed by atoms with Gasteiger partial charge in [0.1, 0.15) is 11.7 Å². The standard InChI is InChI=1S/C16H28O4Si/c1-8-9-11-13(20-21(6,7)16(2,3)4)10-12(17)14(11)15(18)19-5/h8,11,13-14H,1,9-10H2,2-7H3/t11-,13-,14+/m0/s1. The van der Waals surface area contributed by atoms with Crippen molar-refractivity contribution < 1.29 is 18.8 Å². The Balaban J connectivity index is 2.99. The lowest BCUT2D eigenvalue weighted by Gasteiger charge is -2.39. The molecule has 5 heteroatoms. The Kier molecular flexibility index (Phi) is 5.55. The minimum Gasteiger partial charge on any atom is -0.468 e. The number of Topliss-reactive ketones (excluding diaryl/α,β-unsaturated/α-hetero) is 1. The van der Waals surface area contributed by atoms with Crippen LogP contribution in [-0.2, 0) is 18.8 Å². The average molecular weight is 312 g/mol. The van der Waals surface area contributed by atoms with Gasteiger partial charge in [0.25, 0.3) is 0 Å². The first-order chi connectivity index (χ1) is 9.55. The van der Waals surface area contributed by atoms with Crippen LogP contribution in [0.25, 0.3) is 0 Å². The molecule has 0 N–H and O–H groups in total. The molecule has 4 nitrogen and oxygen atoms in total. The van der Waals surface area contributed by atoms with Gasteiger partial charge >= 0.3 is 5.97 Å². The van der Waals surface area contributed by atoms with E-state index >= 15 is 0 Å². The summed E-state index contributed by atoms with van der Waals surface area (Å²) >= 11 is 0. The van der Waals surface area contributed by atoms with Crippen LogP contribution in [0.3, 0.4) is 0 Å². The zero-order valence-electron chi connectivity index (χ0n) is 14.1. The Hall–Kier alpha value is -0.943. The van der Waals surface area contributed by atoms with Gasteiger partial charge in [0.15, 0.2) is 8.32 Å². The van der Waals surface area contributed by atoms with E-state index in [-0.39, 0.29) is 22.8 Å². The van der Waals surface area contributed by atoms with Crippen LogP contribution in [0.5, 0.6) is 0 Å². The van der Waals surface area contributed by atoms with Crippen molar-refractivity contribution in [2.45, 2.75) is 57.8 Å². The van der Waals surface area contributed by atoms with Crippen molar-refractivity contribution >= 4 is 20.1 Å². The third kappa shape index (κ3) is 3.83. The second-order valence-corrected chi connectivity index (χ2v) is 12.0. The van der Waals surface area contributed by atoms with E-state index in [4.69, 9.17) is 9.16 Å². The fourth-order valence-electron chi connectivity index (χ4n) is 2.53. The summed E-state index contributed by atoms with van der Waals surface area (Å²) in [7, 11) is -0.662. The molecule has 1 fully saturated rings. The molecule has 1 rings (SSSR count). The van der Waals surface area contributed by atoms with Crippen LogP contribution in [0, 0.1) is 11.8 Å². The first-order valence-corrected chi connectivity index (χ1v) is 10.3. The molecule has 3 atom stereocenters. The molecule has 120 valence electrons. The summed E-state index contributed by atoms with van der Waals surface area (Å²) < 4.78 is 11.2. The minimum absolute atomic E-state index is 0.0676. The smallest absolute Gasteiger partial charge is 0.316 e. The lowest BCUT2D eigenvalue weighted by molar-refractivity contribution is -0.150. The van der Waals surface area contributed by atoms with Gasteiger partial charge in [-0.2, -0.15) is 0 Å². The van der Waals surface area contributed by atoms with Crippen LogP contribution in [0.2, 0.25) is 18.1 Å². The van der Waals surface area contributed by atoms with Crippen molar-refractivity contribution in [3.63, 3.8) is 0 Å². The van der Waals surface area contributed by atoms with E-state index in [9.17, 15) is 9.59 Å². The number of methoxy groups -OCH3 is 1. The normalized spacial score (nSPS) is 26.8. The van der Waals surface area contributed by atoms with E-state index < -0.39 is 20.2 Å². The van der Waals surface area contributed by atoms with E-state index in [0.29, 0.717) is 12.8 Å². The molecule has 0 aliphatic heterocycles. The number of esters is 1. The Bertz CT molecular complexity index is 422. The van der Waals surface area contributed by atoms with E-state index in [2.05, 4.69) is 40.4 Å². The number of hydrogen-bond acceptors (Lipinski definition) is 4. The van der Waals surface area contributed by atoms with Crippen molar-refractivity contribution in [3.8, 4) is 0 Å². The lowest BCUT2D eigenvalue weighted by Crippen LogP contribution is -2.45. The number of carbonyl (C=O) groups is 2. The van der Waals surface area contributed by atoms with Gasteiger partial charge in [-0.15, -0.1) is 6.58 Å². The van der Waals surface area contributed by atoms with E-state index in [1.54, 1.807) is 6.08 Å². The largest absolute Gasteiger partial charge is 0.468 e. The highest BCUT2D eigenvalue weighted by Crippen LogP contribution is 2.42. The van der Waals surface area contributed by atoms with Crippen molar-refractivity contribution in [3.05, 3.63) is 12.7 Å². The van der Waals surface area contributed by atoms with Crippen LogP contribution in [-0.4, -0.2) is 33.3 Å². The molecule has 0 aromatic rings. The van der Waals surface area contributed by atoms with Gasteiger partial charge in [0.2, 0.25) is 0 Å². The fraction of sp³-hybridized carbons (Fsp3) is 0.750. The highest BCUT2D eigenvalue weighted by molar-refractivity contribution is 6.74. The molecule has 0 spiro atoms. The predicted octanol–water partition coefficient (Wildman–Crippen LogP) is 3.33. The third-order valence-electron chi connectivity index (χ3n) is 4.80. The summed E-state index contributed by atoms with van der Waals surface area (Å²) in [5.41, 5.74) is 0. The van der Waals surface area contributed by atoms with Gasteiger partial charge in [-0.1, -0.05) is 26.8 Å². The van der Waals surface area contributed by atoms with Crippen LogP contribution in [0.1, 0.15) is 33.6 Å². The molecular weight excluding hydrogens is 284 g/mol. The van der Waals surface area contributed by atoms with Gasteiger partial charge in [-0.25, -0.2) is 0 Å². The number of ether oxygens (including phenoxy) is 1. The molecule has 0 radical (unpaired) electrons. The first kappa shape index (κ1) is 18.1. The van der Waals surface area contributed by atoms with Crippen molar-refractivity contribution in [1.82, 2.24) is 0 Å². The van der Waals surface area contributed by atoms with Crippen molar-refractivity contribution in [2.24, 2.45) is 11.8 Å². The molecule has 1 aliphatic rings. The molecule has 0 bridgehead atoms. The number of rotatable bonds is 5. The Morgan fingerprint density at radius 2 is 2.00 bits per heavy atom. The quantitative estimate of drug-likeness (QED) is 0.338. The average Bonchev–Trinajstić information content (AvgIpc) is 2.63. The maximum absolute atomic E-state index is 12.2. The summed E-state index contributed by atoms with van der Waals surface area (Å²) in [5, 5.41) is 0.0676. The molecular formula is C16H28O4Si. The third-order valence-corrected chi connectivity index (χ3v) is 9.31. The predicted molar refractivity (Wildman–Crippen MR) is 85.5 cm³/mol. The number of ketones is 1. The molecule has 1 saturated carbocycles. The molecule has 0 aromatic heterocycles. The van der Waals surface area contributed by atoms with Crippen LogP contribution in [0.15, 0.2) is 12.7 Å². The second kappa shape index (κ2) is 6.44. The zero-order chi connectivity index (χ0) is 16.4. The maximum Gasteiger partial charge on any atom is 0.316 e. The molecule has 0 heterocycles. The summed E-state index contributed by atoms with van der Waals surface area (Å²) in [6, 6.07) is 0. The maximum atomic E-state index is 12.2. The first-order valence-electron chi connectivity index (χ1n) is 7.44. The number of carbonyl (C=O) groups excluding carboxylic acids is 2. The fourth-order valence-corrected chi connectivity index (χ4v) is 3.90. The molecule has 21 heavy (non-hydrogen) atoms. The zero-order valence-corrected chi connectivity index (χ0v) is 15.1. The Labute approximate surface area is 129 Å². The highest BCUT2D eigenvalue weighted by atomic mass is 28.4.